The van der Waals surface area contributed by atoms with Crippen LogP contribution in [0.4, 0.5) is 0 Å². The molecular formula is C6H13NOS. The number of amides is 1. The first-order chi connectivity index (χ1) is 4.31. The van der Waals surface area contributed by atoms with Crippen LogP contribution in [0.25, 0.3) is 0 Å². The number of thioether (sulfide) groups is 1. The minimum Gasteiger partial charge on any atom is -0.356 e. The molecule has 0 aliphatic rings. The van der Waals surface area contributed by atoms with Gasteiger partial charge < -0.3 is 5.32 Å². The van der Waals surface area contributed by atoms with E-state index in [4.69, 9.17) is 0 Å². The van der Waals surface area contributed by atoms with Crippen molar-refractivity contribution in [1.29, 1.82) is 0 Å². The topological polar surface area (TPSA) is 29.1 Å². The second-order valence-electron chi connectivity index (χ2n) is 1.59. The summed E-state index contributed by atoms with van der Waals surface area (Å²) >= 11 is 1.64. The van der Waals surface area contributed by atoms with Crippen LogP contribution in [-0.4, -0.2) is 24.0 Å². The Morgan fingerprint density at radius 1 is 1.56 bits per heavy atom. The van der Waals surface area contributed by atoms with Crippen LogP contribution in [0.3, 0.4) is 0 Å². The van der Waals surface area contributed by atoms with Gasteiger partial charge in [0.2, 0.25) is 5.91 Å². The lowest BCUT2D eigenvalue weighted by Crippen LogP contribution is -2.24. The Morgan fingerprint density at radius 2 is 2.22 bits per heavy atom. The third kappa shape index (κ3) is 5.69. The van der Waals surface area contributed by atoms with Crippen molar-refractivity contribution in [2.24, 2.45) is 0 Å². The molecule has 1 amide bonds. The van der Waals surface area contributed by atoms with Crippen LogP contribution in [0.1, 0.15) is 13.8 Å². The standard InChI is InChI=1S/C6H13NOS/c1-3-7-6(8)5-9-4-2/h3-5H2,1-2H3,(H,7,8). The van der Waals surface area contributed by atoms with Crippen LogP contribution >= 0.6 is 11.8 Å². The molecule has 0 heterocycles. The van der Waals surface area contributed by atoms with Crippen LogP contribution in [0.15, 0.2) is 0 Å². The second kappa shape index (κ2) is 5.95. The summed E-state index contributed by atoms with van der Waals surface area (Å²) in [5, 5.41) is 2.72. The summed E-state index contributed by atoms with van der Waals surface area (Å²) in [6.45, 7) is 4.71. The van der Waals surface area contributed by atoms with E-state index in [2.05, 4.69) is 5.32 Å². The fourth-order valence-corrected chi connectivity index (χ4v) is 0.935. The van der Waals surface area contributed by atoms with Gasteiger partial charge in [-0.25, -0.2) is 0 Å². The van der Waals surface area contributed by atoms with Gasteiger partial charge in [-0.15, -0.1) is 0 Å². The Bertz CT molecular complexity index is 85.1. The molecule has 0 aliphatic carbocycles. The summed E-state index contributed by atoms with van der Waals surface area (Å²) in [5.74, 6) is 1.76. The van der Waals surface area contributed by atoms with E-state index in [0.29, 0.717) is 5.75 Å². The molecule has 0 saturated carbocycles. The van der Waals surface area contributed by atoms with Crippen molar-refractivity contribution in [3.8, 4) is 0 Å². The zero-order chi connectivity index (χ0) is 7.11. The van der Waals surface area contributed by atoms with Gasteiger partial charge in [-0.05, 0) is 12.7 Å². The first-order valence-corrected chi connectivity index (χ1v) is 4.31. The van der Waals surface area contributed by atoms with Crippen molar-refractivity contribution >= 4 is 17.7 Å². The molecule has 0 aromatic carbocycles. The van der Waals surface area contributed by atoms with Gasteiger partial charge in [-0.1, -0.05) is 6.92 Å². The van der Waals surface area contributed by atoms with Crippen molar-refractivity contribution in [3.05, 3.63) is 0 Å². The van der Waals surface area contributed by atoms with Crippen LogP contribution in [0.2, 0.25) is 0 Å². The number of carbonyl (C=O) groups excluding carboxylic acids is 1. The van der Waals surface area contributed by atoms with Gasteiger partial charge in [0.25, 0.3) is 0 Å². The molecule has 0 atom stereocenters. The van der Waals surface area contributed by atoms with Gasteiger partial charge in [0.05, 0.1) is 5.75 Å². The first kappa shape index (κ1) is 8.82. The van der Waals surface area contributed by atoms with E-state index in [-0.39, 0.29) is 5.91 Å². The van der Waals surface area contributed by atoms with Crippen molar-refractivity contribution in [3.63, 3.8) is 0 Å². The number of rotatable bonds is 4. The fourth-order valence-electron chi connectivity index (χ4n) is 0.443. The molecule has 0 aliphatic heterocycles. The zero-order valence-corrected chi connectivity index (χ0v) is 6.75. The van der Waals surface area contributed by atoms with Gasteiger partial charge in [0.15, 0.2) is 0 Å². The summed E-state index contributed by atoms with van der Waals surface area (Å²) in [6.07, 6.45) is 0. The average Bonchev–Trinajstić information content (AvgIpc) is 1.85. The highest BCUT2D eigenvalue weighted by molar-refractivity contribution is 7.99. The summed E-state index contributed by atoms with van der Waals surface area (Å²) in [7, 11) is 0. The lowest BCUT2D eigenvalue weighted by atomic mass is 10.6. The second-order valence-corrected chi connectivity index (χ2v) is 2.86. The Hall–Kier alpha value is -0.180. The van der Waals surface area contributed by atoms with Gasteiger partial charge in [-0.2, -0.15) is 11.8 Å². The van der Waals surface area contributed by atoms with Gasteiger partial charge in [0, 0.05) is 6.54 Å². The van der Waals surface area contributed by atoms with E-state index in [1.165, 1.54) is 0 Å². The lowest BCUT2D eigenvalue weighted by molar-refractivity contribution is -0.118. The largest absolute Gasteiger partial charge is 0.356 e. The Kier molecular flexibility index (Phi) is 5.83. The van der Waals surface area contributed by atoms with Gasteiger partial charge in [0.1, 0.15) is 0 Å². The van der Waals surface area contributed by atoms with Gasteiger partial charge in [-0.3, -0.25) is 4.79 Å². The lowest BCUT2D eigenvalue weighted by Gasteiger charge is -1.98. The monoisotopic (exact) mass is 147 g/mol. The maximum absolute atomic E-state index is 10.7. The highest BCUT2D eigenvalue weighted by Gasteiger charge is 1.95. The van der Waals surface area contributed by atoms with Crippen LogP contribution < -0.4 is 5.32 Å². The van der Waals surface area contributed by atoms with Crippen molar-refractivity contribution < 1.29 is 4.79 Å². The summed E-state index contributed by atoms with van der Waals surface area (Å²) < 4.78 is 0. The van der Waals surface area contributed by atoms with E-state index in [0.717, 1.165) is 12.3 Å². The fraction of sp³-hybridized carbons (Fsp3) is 0.833. The van der Waals surface area contributed by atoms with Gasteiger partial charge >= 0.3 is 0 Å². The third-order valence-corrected chi connectivity index (χ3v) is 1.69. The number of hydrogen-bond acceptors (Lipinski definition) is 2. The SMILES string of the molecule is CCNC(=O)CSCC. The summed E-state index contributed by atoms with van der Waals surface area (Å²) in [4.78, 5) is 10.7. The quantitative estimate of drug-likeness (QED) is 0.639. The molecule has 0 aromatic rings. The maximum atomic E-state index is 10.7. The van der Waals surface area contributed by atoms with Crippen molar-refractivity contribution in [2.45, 2.75) is 13.8 Å². The smallest absolute Gasteiger partial charge is 0.229 e. The van der Waals surface area contributed by atoms with E-state index in [9.17, 15) is 4.79 Å². The van der Waals surface area contributed by atoms with E-state index >= 15 is 0 Å². The molecular weight excluding hydrogens is 134 g/mol. The molecule has 0 unspecified atom stereocenters. The molecule has 0 radical (unpaired) electrons. The third-order valence-electron chi connectivity index (χ3n) is 0.811. The molecule has 1 N–H and O–H groups in total. The maximum Gasteiger partial charge on any atom is 0.229 e. The van der Waals surface area contributed by atoms with Crippen molar-refractivity contribution in [1.82, 2.24) is 5.32 Å². The Balaban J connectivity index is 3.06. The minimum atomic E-state index is 0.143. The number of carbonyl (C=O) groups is 1. The van der Waals surface area contributed by atoms with Crippen LogP contribution in [0.5, 0.6) is 0 Å². The molecule has 0 fully saturated rings. The van der Waals surface area contributed by atoms with E-state index in [1.807, 2.05) is 13.8 Å². The van der Waals surface area contributed by atoms with Crippen LogP contribution in [0, 0.1) is 0 Å². The molecule has 0 spiro atoms. The molecule has 0 rings (SSSR count). The number of nitrogens with one attached hydrogen (secondary N) is 1. The van der Waals surface area contributed by atoms with Crippen LogP contribution in [-0.2, 0) is 4.79 Å². The zero-order valence-electron chi connectivity index (χ0n) is 5.94. The molecule has 9 heavy (non-hydrogen) atoms. The summed E-state index contributed by atoms with van der Waals surface area (Å²) in [6, 6.07) is 0. The predicted octanol–water partition coefficient (Wildman–Crippen LogP) is 0.876. The summed E-state index contributed by atoms with van der Waals surface area (Å²) in [5.41, 5.74) is 0. The predicted molar refractivity (Wildman–Crippen MR) is 41.7 cm³/mol. The van der Waals surface area contributed by atoms with E-state index < -0.39 is 0 Å². The highest BCUT2D eigenvalue weighted by atomic mass is 32.2. The molecule has 3 heteroatoms. The molecule has 54 valence electrons. The molecule has 0 saturated heterocycles. The first-order valence-electron chi connectivity index (χ1n) is 3.15. The molecule has 0 aromatic heterocycles. The average molecular weight is 147 g/mol. The van der Waals surface area contributed by atoms with E-state index in [1.54, 1.807) is 11.8 Å². The highest BCUT2D eigenvalue weighted by Crippen LogP contribution is 1.95. The normalized spacial score (nSPS) is 9.11. The molecule has 2 nitrogen and oxygen atoms in total. The Labute approximate surface area is 60.4 Å². The molecule has 0 bridgehead atoms. The number of hydrogen-bond donors (Lipinski definition) is 1. The Morgan fingerprint density at radius 3 is 2.67 bits per heavy atom. The minimum absolute atomic E-state index is 0.143. The van der Waals surface area contributed by atoms with Crippen molar-refractivity contribution in [2.75, 3.05) is 18.1 Å².